The van der Waals surface area contributed by atoms with Gasteiger partial charge in [-0.25, -0.2) is 4.79 Å². The lowest BCUT2D eigenvalue weighted by molar-refractivity contribution is 0.0224. The molecule has 186 valence electrons. The number of carbonyl (C=O) groups excluding carboxylic acids is 1. The minimum atomic E-state index is -1.09. The summed E-state index contributed by atoms with van der Waals surface area (Å²) >= 11 is 0. The number of fused-ring (bicyclic) bond motifs is 6. The monoisotopic (exact) mass is 490 g/mol. The molecule has 4 aromatic rings. The molecular weight excluding hydrogens is 460 g/mol. The molecule has 0 radical (unpaired) electrons. The summed E-state index contributed by atoms with van der Waals surface area (Å²) in [6.45, 7) is 10.2. The van der Waals surface area contributed by atoms with Crippen molar-refractivity contribution in [2.45, 2.75) is 33.3 Å². The molecule has 2 heterocycles. The number of para-hydroxylation sites is 1. The van der Waals surface area contributed by atoms with Gasteiger partial charge in [-0.05, 0) is 75.2 Å². The molecule has 4 aromatic carbocycles. The average Bonchev–Trinajstić information content (AvgIpc) is 3.20. The normalized spacial score (nSPS) is 16.9. The van der Waals surface area contributed by atoms with Crippen molar-refractivity contribution in [3.05, 3.63) is 112 Å². The molecule has 1 spiro atoms. The maximum atomic E-state index is 13.2. The molecule has 0 saturated heterocycles. The molecule has 0 saturated carbocycles. The third-order valence-electron chi connectivity index (χ3n) is 7.57. The second kappa shape index (κ2) is 8.70. The van der Waals surface area contributed by atoms with E-state index in [1.165, 1.54) is 0 Å². The van der Waals surface area contributed by atoms with E-state index in [-0.39, 0.29) is 5.97 Å². The summed E-state index contributed by atoms with van der Waals surface area (Å²) in [6, 6.07) is 26.1. The Bertz CT molecular complexity index is 1520. The lowest BCUT2D eigenvalue weighted by Gasteiger charge is -2.37. The summed E-state index contributed by atoms with van der Waals surface area (Å²) in [7, 11) is 0. The molecule has 0 amide bonds. The van der Waals surface area contributed by atoms with Crippen LogP contribution in [0.2, 0.25) is 0 Å². The number of anilines is 3. The Morgan fingerprint density at radius 2 is 1.54 bits per heavy atom. The third-order valence-corrected chi connectivity index (χ3v) is 7.57. The van der Waals surface area contributed by atoms with E-state index in [0.29, 0.717) is 17.1 Å². The van der Waals surface area contributed by atoms with Gasteiger partial charge in [0.2, 0.25) is 0 Å². The number of benzene rings is 4. The van der Waals surface area contributed by atoms with E-state index in [4.69, 9.17) is 9.47 Å². The first kappa shape index (κ1) is 23.2. The highest BCUT2D eigenvalue weighted by Gasteiger charge is 2.53. The van der Waals surface area contributed by atoms with Crippen LogP contribution in [-0.4, -0.2) is 19.1 Å². The highest BCUT2D eigenvalue weighted by molar-refractivity contribution is 5.97. The smallest absolute Gasteiger partial charge is 0.340 e. The molecule has 1 N–H and O–H groups in total. The van der Waals surface area contributed by atoms with Crippen molar-refractivity contribution in [2.75, 3.05) is 23.3 Å². The van der Waals surface area contributed by atoms with Gasteiger partial charge in [0, 0.05) is 52.9 Å². The average molecular weight is 491 g/mol. The Balaban J connectivity index is 1.55. The number of aryl methyl sites for hydroxylation is 2. The van der Waals surface area contributed by atoms with Gasteiger partial charge < -0.3 is 19.7 Å². The van der Waals surface area contributed by atoms with Crippen LogP contribution in [0.4, 0.5) is 17.1 Å². The molecule has 0 fully saturated rings. The molecule has 5 nitrogen and oxygen atoms in total. The second-order valence-corrected chi connectivity index (χ2v) is 9.67. The minimum Gasteiger partial charge on any atom is -0.456 e. The number of hydrogen-bond donors (Lipinski definition) is 1. The van der Waals surface area contributed by atoms with Gasteiger partial charge in [-0.1, -0.05) is 36.4 Å². The van der Waals surface area contributed by atoms with E-state index in [9.17, 15) is 4.79 Å². The van der Waals surface area contributed by atoms with E-state index < -0.39 is 5.60 Å². The Hall–Kier alpha value is -4.25. The number of nitrogens with one attached hydrogen (secondary N) is 1. The summed E-state index contributed by atoms with van der Waals surface area (Å²) in [5, 5.41) is 3.59. The van der Waals surface area contributed by atoms with E-state index >= 15 is 0 Å². The molecule has 1 atom stereocenters. The Morgan fingerprint density at radius 1 is 0.784 bits per heavy atom. The SMILES string of the molecule is CCN(CC)c1ccc2c(c1)Oc1ccc(Nc3c(C)cccc3C)cc1C21OC(=O)c2ccccc21. The van der Waals surface area contributed by atoms with Gasteiger partial charge >= 0.3 is 5.97 Å². The first-order valence-corrected chi connectivity index (χ1v) is 12.8. The molecule has 0 bridgehead atoms. The van der Waals surface area contributed by atoms with Crippen molar-refractivity contribution in [3.8, 4) is 11.5 Å². The summed E-state index contributed by atoms with van der Waals surface area (Å²) in [6.07, 6.45) is 0. The van der Waals surface area contributed by atoms with Gasteiger partial charge in [-0.3, -0.25) is 0 Å². The topological polar surface area (TPSA) is 50.8 Å². The van der Waals surface area contributed by atoms with Crippen LogP contribution < -0.4 is 15.0 Å². The molecule has 0 aromatic heterocycles. The van der Waals surface area contributed by atoms with Crippen molar-refractivity contribution < 1.29 is 14.3 Å². The molecule has 37 heavy (non-hydrogen) atoms. The fourth-order valence-electron chi connectivity index (χ4n) is 5.68. The van der Waals surface area contributed by atoms with Crippen LogP contribution in [0.15, 0.2) is 78.9 Å². The molecule has 5 heteroatoms. The van der Waals surface area contributed by atoms with Crippen LogP contribution in [0.25, 0.3) is 0 Å². The lowest BCUT2D eigenvalue weighted by atomic mass is 9.77. The van der Waals surface area contributed by atoms with Crippen LogP contribution in [0.1, 0.15) is 52.0 Å². The fraction of sp³-hybridized carbons (Fsp3) is 0.219. The van der Waals surface area contributed by atoms with Crippen molar-refractivity contribution in [1.29, 1.82) is 0 Å². The van der Waals surface area contributed by atoms with Gasteiger partial charge in [0.05, 0.1) is 5.56 Å². The van der Waals surface area contributed by atoms with Gasteiger partial charge in [0.15, 0.2) is 5.60 Å². The van der Waals surface area contributed by atoms with Crippen LogP contribution in [-0.2, 0) is 10.3 Å². The summed E-state index contributed by atoms with van der Waals surface area (Å²) in [5.41, 5.74) is 7.36. The number of hydrogen-bond acceptors (Lipinski definition) is 5. The largest absolute Gasteiger partial charge is 0.456 e. The zero-order valence-electron chi connectivity index (χ0n) is 21.6. The molecule has 1 unspecified atom stereocenters. The first-order valence-electron chi connectivity index (χ1n) is 12.8. The van der Waals surface area contributed by atoms with Gasteiger partial charge in [0.1, 0.15) is 11.5 Å². The van der Waals surface area contributed by atoms with E-state index in [2.05, 4.69) is 74.3 Å². The van der Waals surface area contributed by atoms with Gasteiger partial charge in [-0.2, -0.15) is 0 Å². The molecule has 0 aliphatic carbocycles. The quantitative estimate of drug-likeness (QED) is 0.294. The van der Waals surface area contributed by atoms with E-state index in [1.807, 2.05) is 42.5 Å². The number of carbonyl (C=O) groups is 1. The molecule has 2 aliphatic rings. The van der Waals surface area contributed by atoms with Crippen molar-refractivity contribution >= 4 is 23.0 Å². The van der Waals surface area contributed by atoms with Crippen molar-refractivity contribution in [2.24, 2.45) is 0 Å². The first-order chi connectivity index (χ1) is 18.0. The number of esters is 1. The molecule has 2 aliphatic heterocycles. The second-order valence-electron chi connectivity index (χ2n) is 9.67. The molecular formula is C32H30N2O3. The maximum Gasteiger partial charge on any atom is 0.340 e. The summed E-state index contributed by atoms with van der Waals surface area (Å²) in [5.74, 6) is 1.06. The van der Waals surface area contributed by atoms with Crippen LogP contribution in [0, 0.1) is 13.8 Å². The van der Waals surface area contributed by atoms with E-state index in [0.717, 1.165) is 58.0 Å². The summed E-state index contributed by atoms with van der Waals surface area (Å²) in [4.78, 5) is 15.5. The zero-order valence-corrected chi connectivity index (χ0v) is 21.6. The number of rotatable bonds is 5. The fourth-order valence-corrected chi connectivity index (χ4v) is 5.68. The third kappa shape index (κ3) is 3.49. The van der Waals surface area contributed by atoms with Gasteiger partial charge in [-0.15, -0.1) is 0 Å². The predicted molar refractivity (Wildman–Crippen MR) is 147 cm³/mol. The lowest BCUT2D eigenvalue weighted by Crippen LogP contribution is -2.33. The summed E-state index contributed by atoms with van der Waals surface area (Å²) < 4.78 is 12.9. The van der Waals surface area contributed by atoms with Crippen LogP contribution in [0.3, 0.4) is 0 Å². The minimum absolute atomic E-state index is 0.324. The van der Waals surface area contributed by atoms with E-state index in [1.54, 1.807) is 0 Å². The predicted octanol–water partition coefficient (Wildman–Crippen LogP) is 7.46. The Morgan fingerprint density at radius 3 is 2.30 bits per heavy atom. The van der Waals surface area contributed by atoms with Crippen molar-refractivity contribution in [1.82, 2.24) is 0 Å². The molecule has 6 rings (SSSR count). The number of ether oxygens (including phenoxy) is 2. The number of nitrogens with zero attached hydrogens (tertiary/aromatic N) is 1. The Labute approximate surface area is 217 Å². The van der Waals surface area contributed by atoms with Gasteiger partial charge in [0.25, 0.3) is 0 Å². The zero-order chi connectivity index (χ0) is 25.7. The standard InChI is InChI=1S/C32H30N2O3/c1-5-34(6-2)23-15-16-26-29(19-23)36-28-17-14-22(33-30-20(3)10-9-11-21(30)4)18-27(28)32(26)25-13-8-7-12-24(25)31(35)37-32/h7-19,33H,5-6H2,1-4H3. The van der Waals surface area contributed by atoms with Crippen molar-refractivity contribution in [3.63, 3.8) is 0 Å². The highest BCUT2D eigenvalue weighted by Crippen LogP contribution is 2.57. The van der Waals surface area contributed by atoms with Crippen LogP contribution in [0.5, 0.6) is 11.5 Å². The van der Waals surface area contributed by atoms with Crippen LogP contribution >= 0.6 is 0 Å². The maximum absolute atomic E-state index is 13.2. The highest BCUT2D eigenvalue weighted by atomic mass is 16.6. The Kier molecular flexibility index (Phi) is 5.45.